The van der Waals surface area contributed by atoms with Gasteiger partial charge in [0.15, 0.2) is 5.13 Å². The molecule has 37 heavy (non-hydrogen) atoms. The van der Waals surface area contributed by atoms with E-state index >= 15 is 0 Å². The molecule has 0 aliphatic heterocycles. The third-order valence-electron chi connectivity index (χ3n) is 4.83. The highest BCUT2D eigenvalue weighted by atomic mass is 32.1. The summed E-state index contributed by atoms with van der Waals surface area (Å²) in [5, 5.41) is 15.7. The number of carbonyl (C=O) groups is 2. The van der Waals surface area contributed by atoms with Crippen molar-refractivity contribution in [3.8, 4) is 17.0 Å². The Kier molecular flexibility index (Phi) is 7.84. The number of nitro groups is 1. The maximum atomic E-state index is 14.1. The summed E-state index contributed by atoms with van der Waals surface area (Å²) in [6.07, 6.45) is 0.828. The van der Waals surface area contributed by atoms with E-state index in [1.165, 1.54) is 12.1 Å². The molecule has 2 heterocycles. The van der Waals surface area contributed by atoms with Crippen molar-refractivity contribution in [2.24, 2.45) is 0 Å². The normalized spacial score (nSPS) is 10.7. The molecule has 0 bridgehead atoms. The van der Waals surface area contributed by atoms with Crippen LogP contribution in [0.3, 0.4) is 0 Å². The number of hydrogen-bond donors (Lipinski definition) is 2. The second-order valence-corrected chi connectivity index (χ2v) is 9.56. The standard InChI is InChI=1S/C24H18F2N4O5S2/c1-2-11-35-15-6-3-13(4-7-15)20-21(23(32)27-17-8-5-14(25)12-16(17)26)37-24(28-20)29-22(31)18-9-10-19(36-18)30(33)34/h3-10,12H,2,11H2,1H3,(H,27,32)(H,28,29,31). The van der Waals surface area contributed by atoms with Gasteiger partial charge in [-0.15, -0.1) is 0 Å². The average Bonchev–Trinajstić information content (AvgIpc) is 3.53. The second kappa shape index (κ2) is 11.2. The number of nitrogens with zero attached hydrogens (tertiary/aromatic N) is 2. The van der Waals surface area contributed by atoms with E-state index in [0.29, 0.717) is 35.3 Å². The zero-order chi connectivity index (χ0) is 26.5. The molecule has 2 N–H and O–H groups in total. The molecule has 2 aromatic heterocycles. The monoisotopic (exact) mass is 544 g/mol. The van der Waals surface area contributed by atoms with E-state index in [0.717, 1.165) is 29.9 Å². The lowest BCUT2D eigenvalue weighted by Gasteiger charge is -2.08. The number of amides is 2. The topological polar surface area (TPSA) is 123 Å². The fraction of sp³-hybridized carbons (Fsp3) is 0.125. The van der Waals surface area contributed by atoms with Gasteiger partial charge >= 0.3 is 5.00 Å². The first-order valence-corrected chi connectivity index (χ1v) is 12.4. The summed E-state index contributed by atoms with van der Waals surface area (Å²) in [7, 11) is 0. The van der Waals surface area contributed by atoms with E-state index in [2.05, 4.69) is 15.6 Å². The molecule has 2 aromatic carbocycles. The molecule has 0 saturated heterocycles. The number of ether oxygens (including phenoxy) is 1. The highest BCUT2D eigenvalue weighted by Gasteiger charge is 2.23. The van der Waals surface area contributed by atoms with Crippen LogP contribution >= 0.6 is 22.7 Å². The molecule has 0 saturated carbocycles. The Morgan fingerprint density at radius 3 is 2.43 bits per heavy atom. The van der Waals surface area contributed by atoms with E-state index in [9.17, 15) is 28.5 Å². The molecule has 0 unspecified atom stereocenters. The smallest absolute Gasteiger partial charge is 0.324 e. The van der Waals surface area contributed by atoms with Gasteiger partial charge in [0.05, 0.1) is 27.8 Å². The maximum Gasteiger partial charge on any atom is 0.324 e. The minimum absolute atomic E-state index is 0.0482. The van der Waals surface area contributed by atoms with Gasteiger partial charge in [-0.25, -0.2) is 13.8 Å². The van der Waals surface area contributed by atoms with Crippen LogP contribution in [0.25, 0.3) is 11.3 Å². The highest BCUT2D eigenvalue weighted by Crippen LogP contribution is 2.34. The van der Waals surface area contributed by atoms with Gasteiger partial charge in [-0.1, -0.05) is 29.6 Å². The van der Waals surface area contributed by atoms with Crippen LogP contribution in [0.5, 0.6) is 5.75 Å². The van der Waals surface area contributed by atoms with Gasteiger partial charge in [0.25, 0.3) is 11.8 Å². The predicted molar refractivity (Wildman–Crippen MR) is 137 cm³/mol. The van der Waals surface area contributed by atoms with Gasteiger partial charge in [0.1, 0.15) is 22.3 Å². The Hall–Kier alpha value is -4.23. The number of carbonyl (C=O) groups excluding carboxylic acids is 2. The SMILES string of the molecule is CCCOc1ccc(-c2nc(NC(=O)c3ccc([N+](=O)[O-])s3)sc2C(=O)Nc2ccc(F)cc2F)cc1. The average molecular weight is 545 g/mol. The minimum Gasteiger partial charge on any atom is -0.494 e. The molecule has 0 radical (unpaired) electrons. The molecule has 9 nitrogen and oxygen atoms in total. The lowest BCUT2D eigenvalue weighted by molar-refractivity contribution is -0.380. The zero-order valence-corrected chi connectivity index (χ0v) is 20.8. The van der Waals surface area contributed by atoms with Crippen molar-refractivity contribution in [3.63, 3.8) is 0 Å². The Bertz CT molecular complexity index is 1470. The summed E-state index contributed by atoms with van der Waals surface area (Å²) in [6, 6.07) is 12.0. The third-order valence-corrected chi connectivity index (χ3v) is 6.83. The summed E-state index contributed by atoms with van der Waals surface area (Å²) >= 11 is 1.53. The molecule has 4 rings (SSSR count). The molecule has 0 spiro atoms. The number of nitrogens with one attached hydrogen (secondary N) is 2. The van der Waals surface area contributed by atoms with E-state index in [1.54, 1.807) is 24.3 Å². The fourth-order valence-corrected chi connectivity index (χ4v) is 4.72. The summed E-state index contributed by atoms with van der Waals surface area (Å²) in [4.78, 5) is 40.6. The second-order valence-electron chi connectivity index (χ2n) is 7.50. The molecule has 190 valence electrons. The molecule has 0 aliphatic carbocycles. The van der Waals surface area contributed by atoms with Crippen LogP contribution in [-0.4, -0.2) is 28.3 Å². The number of aromatic nitrogens is 1. The zero-order valence-electron chi connectivity index (χ0n) is 19.1. The number of rotatable bonds is 9. The number of thiophene rings is 1. The van der Waals surface area contributed by atoms with Crippen LogP contribution < -0.4 is 15.4 Å². The maximum absolute atomic E-state index is 14.1. The highest BCUT2D eigenvalue weighted by molar-refractivity contribution is 7.19. The van der Waals surface area contributed by atoms with Crippen molar-refractivity contribution >= 4 is 50.3 Å². The molecular formula is C24H18F2N4O5S2. The number of halogens is 2. The molecule has 4 aromatic rings. The Labute approximate surface area is 216 Å². The van der Waals surface area contributed by atoms with Crippen molar-refractivity contribution in [2.45, 2.75) is 13.3 Å². The first-order chi connectivity index (χ1) is 17.7. The van der Waals surface area contributed by atoms with E-state index in [4.69, 9.17) is 4.74 Å². The Morgan fingerprint density at radius 1 is 1.03 bits per heavy atom. The van der Waals surface area contributed by atoms with Crippen molar-refractivity contribution in [2.75, 3.05) is 17.2 Å². The van der Waals surface area contributed by atoms with Crippen molar-refractivity contribution in [3.05, 3.63) is 86.1 Å². The third kappa shape index (κ3) is 6.13. The van der Waals surface area contributed by atoms with Gasteiger partial charge in [-0.05, 0) is 48.9 Å². The first kappa shape index (κ1) is 25.9. The van der Waals surface area contributed by atoms with Gasteiger partial charge < -0.3 is 10.1 Å². The van der Waals surface area contributed by atoms with Crippen LogP contribution in [0.2, 0.25) is 0 Å². The molecule has 0 atom stereocenters. The number of anilines is 2. The lowest BCUT2D eigenvalue weighted by atomic mass is 10.1. The largest absolute Gasteiger partial charge is 0.494 e. The fourth-order valence-electron chi connectivity index (χ4n) is 3.13. The summed E-state index contributed by atoms with van der Waals surface area (Å²) in [6.45, 7) is 2.51. The minimum atomic E-state index is -0.954. The summed E-state index contributed by atoms with van der Waals surface area (Å²) < 4.78 is 33.0. The van der Waals surface area contributed by atoms with Gasteiger partial charge in [-0.3, -0.25) is 25.0 Å². The molecule has 0 aliphatic rings. The van der Waals surface area contributed by atoms with Gasteiger partial charge in [0, 0.05) is 17.7 Å². The summed E-state index contributed by atoms with van der Waals surface area (Å²) in [5.41, 5.74) is 0.502. The van der Waals surface area contributed by atoms with Crippen molar-refractivity contribution in [1.29, 1.82) is 0 Å². The van der Waals surface area contributed by atoms with E-state index in [1.807, 2.05) is 6.92 Å². The number of thiazole rings is 1. The quantitative estimate of drug-likeness (QED) is 0.187. The number of hydrogen-bond acceptors (Lipinski definition) is 8. The van der Waals surface area contributed by atoms with Crippen LogP contribution in [0.15, 0.2) is 54.6 Å². The summed E-state index contributed by atoms with van der Waals surface area (Å²) in [5.74, 6) is -2.49. The van der Waals surface area contributed by atoms with Crippen molar-refractivity contribution < 1.29 is 28.0 Å². The first-order valence-electron chi connectivity index (χ1n) is 10.8. The molecule has 0 fully saturated rings. The van der Waals surface area contributed by atoms with Gasteiger partial charge in [-0.2, -0.15) is 0 Å². The predicted octanol–water partition coefficient (Wildman–Crippen LogP) is 6.35. The molecule has 13 heteroatoms. The molecule has 2 amide bonds. The Morgan fingerprint density at radius 2 is 1.78 bits per heavy atom. The number of benzene rings is 2. The van der Waals surface area contributed by atoms with Crippen molar-refractivity contribution in [1.82, 2.24) is 4.98 Å². The lowest BCUT2D eigenvalue weighted by Crippen LogP contribution is -2.12. The van der Waals surface area contributed by atoms with E-state index in [-0.39, 0.29) is 31.3 Å². The molecular weight excluding hydrogens is 526 g/mol. The van der Waals surface area contributed by atoms with Crippen LogP contribution in [0.4, 0.5) is 24.6 Å². The van der Waals surface area contributed by atoms with Crippen LogP contribution in [-0.2, 0) is 0 Å². The van der Waals surface area contributed by atoms with Crippen LogP contribution in [0, 0.1) is 21.7 Å². The van der Waals surface area contributed by atoms with Crippen LogP contribution in [0.1, 0.15) is 32.7 Å². The van der Waals surface area contributed by atoms with Gasteiger partial charge in [0.2, 0.25) is 0 Å². The Balaban J connectivity index is 1.65. The van der Waals surface area contributed by atoms with E-state index < -0.39 is 28.4 Å².